The number of anilines is 1. The van der Waals surface area contributed by atoms with Gasteiger partial charge in [0.15, 0.2) is 12.4 Å². The number of alkyl halides is 3. The summed E-state index contributed by atoms with van der Waals surface area (Å²) < 4.78 is 48.5. The van der Waals surface area contributed by atoms with Gasteiger partial charge in [0, 0.05) is 5.92 Å². The highest BCUT2D eigenvalue weighted by atomic mass is 19.4. The lowest BCUT2D eigenvalue weighted by Gasteiger charge is -2.13. The molecular weight excluding hydrogens is 399 g/mol. The summed E-state index contributed by atoms with van der Waals surface area (Å²) in [4.78, 5) is 16.7. The quantitative estimate of drug-likeness (QED) is 0.594. The van der Waals surface area contributed by atoms with Crippen LogP contribution in [-0.4, -0.2) is 22.7 Å². The third kappa shape index (κ3) is 4.97. The van der Waals surface area contributed by atoms with Crippen LogP contribution in [0.1, 0.15) is 36.7 Å². The Kier molecular flexibility index (Phi) is 6.09. The molecule has 0 fully saturated rings. The van der Waals surface area contributed by atoms with Crippen LogP contribution in [0.25, 0.3) is 11.5 Å². The van der Waals surface area contributed by atoms with E-state index in [-0.39, 0.29) is 24.2 Å². The Hall–Kier alpha value is -3.36. The normalized spacial score (nSPS) is 11.6. The Balaban J connectivity index is 1.71. The lowest BCUT2D eigenvalue weighted by Crippen LogP contribution is -2.21. The zero-order valence-corrected chi connectivity index (χ0v) is 16.6. The molecule has 0 aliphatic heterocycles. The van der Waals surface area contributed by atoms with Crippen LogP contribution in [0.15, 0.2) is 47.0 Å². The molecule has 0 spiro atoms. The van der Waals surface area contributed by atoms with Gasteiger partial charge in [-0.25, -0.2) is 0 Å². The first-order valence-corrected chi connectivity index (χ1v) is 9.18. The molecule has 1 N–H and O–H groups in total. The molecule has 3 aromatic rings. The number of carbonyl (C=O) groups excluding carboxylic acids is 1. The SMILES string of the molecule is Cc1cccc(-c2nc(C(C)C)no2)c1NC(=O)COc1ccc(C(F)(F)F)cc1. The van der Waals surface area contributed by atoms with Gasteiger partial charge >= 0.3 is 6.18 Å². The van der Waals surface area contributed by atoms with Crippen molar-refractivity contribution >= 4 is 11.6 Å². The average Bonchev–Trinajstić information content (AvgIpc) is 3.18. The van der Waals surface area contributed by atoms with Crippen LogP contribution in [0.4, 0.5) is 18.9 Å². The largest absolute Gasteiger partial charge is 0.484 e. The summed E-state index contributed by atoms with van der Waals surface area (Å²) in [6.45, 7) is 5.31. The first-order chi connectivity index (χ1) is 14.1. The first kappa shape index (κ1) is 21.4. The van der Waals surface area contributed by atoms with Crippen LogP contribution in [0, 0.1) is 6.92 Å². The number of aromatic nitrogens is 2. The summed E-state index contributed by atoms with van der Waals surface area (Å²) in [5, 5.41) is 6.69. The highest BCUT2D eigenvalue weighted by Gasteiger charge is 2.30. The molecule has 3 rings (SSSR count). The number of amides is 1. The van der Waals surface area contributed by atoms with E-state index in [1.54, 1.807) is 12.1 Å². The summed E-state index contributed by atoms with van der Waals surface area (Å²) >= 11 is 0. The van der Waals surface area contributed by atoms with E-state index in [9.17, 15) is 18.0 Å². The van der Waals surface area contributed by atoms with Crippen molar-refractivity contribution in [2.75, 3.05) is 11.9 Å². The Morgan fingerprint density at radius 3 is 2.47 bits per heavy atom. The van der Waals surface area contributed by atoms with Gasteiger partial charge in [0.05, 0.1) is 16.8 Å². The molecule has 0 saturated heterocycles. The topological polar surface area (TPSA) is 77.3 Å². The Bertz CT molecular complexity index is 1030. The van der Waals surface area contributed by atoms with Gasteiger partial charge in [0.1, 0.15) is 5.75 Å². The Labute approximate surface area is 171 Å². The van der Waals surface area contributed by atoms with Crippen LogP contribution in [0.3, 0.4) is 0 Å². The minimum Gasteiger partial charge on any atom is -0.484 e. The van der Waals surface area contributed by atoms with Crippen molar-refractivity contribution < 1.29 is 27.2 Å². The summed E-state index contributed by atoms with van der Waals surface area (Å²) in [5.74, 6) is 0.592. The average molecular weight is 419 g/mol. The molecule has 158 valence electrons. The van der Waals surface area contributed by atoms with Gasteiger partial charge < -0.3 is 14.6 Å². The van der Waals surface area contributed by atoms with E-state index in [0.29, 0.717) is 17.1 Å². The van der Waals surface area contributed by atoms with E-state index >= 15 is 0 Å². The predicted molar refractivity (Wildman–Crippen MR) is 104 cm³/mol. The van der Waals surface area contributed by atoms with Crippen molar-refractivity contribution in [1.29, 1.82) is 0 Å². The van der Waals surface area contributed by atoms with Crippen molar-refractivity contribution in [2.24, 2.45) is 0 Å². The van der Waals surface area contributed by atoms with Gasteiger partial charge in [-0.2, -0.15) is 18.2 Å². The van der Waals surface area contributed by atoms with Gasteiger partial charge in [-0.15, -0.1) is 0 Å². The summed E-state index contributed by atoms with van der Waals surface area (Å²) in [5.41, 5.74) is 1.05. The fraction of sp³-hybridized carbons (Fsp3) is 0.286. The number of benzene rings is 2. The smallest absolute Gasteiger partial charge is 0.416 e. The maximum Gasteiger partial charge on any atom is 0.416 e. The lowest BCUT2D eigenvalue weighted by atomic mass is 10.1. The number of rotatable bonds is 6. The van der Waals surface area contributed by atoms with Gasteiger partial charge in [-0.3, -0.25) is 4.79 Å². The second-order valence-electron chi connectivity index (χ2n) is 6.97. The van der Waals surface area contributed by atoms with Crippen molar-refractivity contribution in [1.82, 2.24) is 10.1 Å². The number of hydrogen-bond acceptors (Lipinski definition) is 5. The molecule has 1 aromatic heterocycles. The van der Waals surface area contributed by atoms with Crippen molar-refractivity contribution in [3.8, 4) is 17.2 Å². The van der Waals surface area contributed by atoms with Crippen molar-refractivity contribution in [2.45, 2.75) is 32.9 Å². The van der Waals surface area contributed by atoms with Crippen LogP contribution in [-0.2, 0) is 11.0 Å². The summed E-state index contributed by atoms with van der Waals surface area (Å²) in [6.07, 6.45) is -4.43. The summed E-state index contributed by atoms with van der Waals surface area (Å²) in [7, 11) is 0. The van der Waals surface area contributed by atoms with Gasteiger partial charge in [0.25, 0.3) is 11.8 Å². The van der Waals surface area contributed by atoms with E-state index in [0.717, 1.165) is 17.7 Å². The molecule has 2 aromatic carbocycles. The number of aryl methyl sites for hydroxylation is 1. The number of para-hydroxylation sites is 1. The van der Waals surface area contributed by atoms with Crippen LogP contribution < -0.4 is 10.1 Å². The van der Waals surface area contributed by atoms with Crippen molar-refractivity contribution in [3.63, 3.8) is 0 Å². The van der Waals surface area contributed by atoms with Crippen LogP contribution >= 0.6 is 0 Å². The zero-order chi connectivity index (χ0) is 21.9. The number of halogens is 3. The molecule has 0 radical (unpaired) electrons. The Morgan fingerprint density at radius 1 is 1.17 bits per heavy atom. The fourth-order valence-corrected chi connectivity index (χ4v) is 2.66. The zero-order valence-electron chi connectivity index (χ0n) is 16.6. The Morgan fingerprint density at radius 2 is 1.87 bits per heavy atom. The van der Waals surface area contributed by atoms with Gasteiger partial charge in [0.2, 0.25) is 0 Å². The second kappa shape index (κ2) is 8.56. The monoisotopic (exact) mass is 419 g/mol. The molecule has 9 heteroatoms. The van der Waals surface area contributed by atoms with Crippen molar-refractivity contribution in [3.05, 3.63) is 59.4 Å². The molecule has 6 nitrogen and oxygen atoms in total. The number of carbonyl (C=O) groups is 1. The standard InChI is InChI=1S/C21H20F3N3O3/c1-12(2)19-26-20(30-27-19)16-6-4-5-13(3)18(16)25-17(28)11-29-15-9-7-14(8-10-15)21(22,23)24/h4-10,12H,11H2,1-3H3,(H,25,28). The molecular formula is C21H20F3N3O3. The molecule has 0 aliphatic carbocycles. The summed E-state index contributed by atoms with van der Waals surface area (Å²) in [6, 6.07) is 9.50. The maximum atomic E-state index is 12.6. The van der Waals surface area contributed by atoms with Gasteiger partial charge in [-0.1, -0.05) is 31.1 Å². The highest BCUT2D eigenvalue weighted by molar-refractivity contribution is 5.96. The number of nitrogens with zero attached hydrogens (tertiary/aromatic N) is 2. The van der Waals surface area contributed by atoms with E-state index in [4.69, 9.17) is 9.26 Å². The second-order valence-corrected chi connectivity index (χ2v) is 6.97. The first-order valence-electron chi connectivity index (χ1n) is 9.18. The molecule has 0 unspecified atom stereocenters. The van der Waals surface area contributed by atoms with E-state index < -0.39 is 17.6 Å². The fourth-order valence-electron chi connectivity index (χ4n) is 2.66. The number of hydrogen-bond donors (Lipinski definition) is 1. The number of nitrogens with one attached hydrogen (secondary N) is 1. The molecule has 1 heterocycles. The molecule has 30 heavy (non-hydrogen) atoms. The lowest BCUT2D eigenvalue weighted by molar-refractivity contribution is -0.137. The van der Waals surface area contributed by atoms with E-state index in [2.05, 4.69) is 15.5 Å². The molecule has 1 amide bonds. The molecule has 0 aliphatic rings. The highest BCUT2D eigenvalue weighted by Crippen LogP contribution is 2.31. The minimum absolute atomic E-state index is 0.0856. The minimum atomic E-state index is -4.43. The van der Waals surface area contributed by atoms with Gasteiger partial charge in [-0.05, 0) is 42.8 Å². The van der Waals surface area contributed by atoms with Crippen LogP contribution in [0.2, 0.25) is 0 Å². The third-order valence-electron chi connectivity index (χ3n) is 4.28. The predicted octanol–water partition coefficient (Wildman–Crippen LogP) is 5.20. The molecule has 0 bridgehead atoms. The maximum absolute atomic E-state index is 12.6. The molecule has 0 saturated carbocycles. The third-order valence-corrected chi connectivity index (χ3v) is 4.28. The number of ether oxygens (including phenoxy) is 1. The van der Waals surface area contributed by atoms with Crippen LogP contribution in [0.5, 0.6) is 5.75 Å². The van der Waals surface area contributed by atoms with E-state index in [1.807, 2.05) is 26.8 Å². The molecule has 0 atom stereocenters. The van der Waals surface area contributed by atoms with E-state index in [1.165, 1.54) is 12.1 Å².